The normalized spacial score (nSPS) is 10.2. The van der Waals surface area contributed by atoms with E-state index in [1.807, 2.05) is 0 Å². The van der Waals surface area contributed by atoms with Crippen LogP contribution in [0.25, 0.3) is 0 Å². The Kier molecular flexibility index (Phi) is 9.40. The van der Waals surface area contributed by atoms with Gasteiger partial charge in [-0.1, -0.05) is 0 Å². The maximum absolute atomic E-state index is 8.32. The van der Waals surface area contributed by atoms with Crippen molar-refractivity contribution >= 4 is 11.6 Å². The van der Waals surface area contributed by atoms with Crippen LogP contribution in [0.4, 0.5) is 0 Å². The lowest BCUT2D eigenvalue weighted by molar-refractivity contribution is 0.0898. The smallest absolute Gasteiger partial charge is 0.0697 e. The lowest BCUT2D eigenvalue weighted by Gasteiger charge is -1.99. The number of ether oxygens (including phenoxy) is 1. The van der Waals surface area contributed by atoms with E-state index in [-0.39, 0.29) is 6.61 Å². The topological polar surface area (TPSA) is 29.5 Å². The summed E-state index contributed by atoms with van der Waals surface area (Å²) in [5, 5.41) is 8.32. The first kappa shape index (κ1) is 10.2. The van der Waals surface area contributed by atoms with Gasteiger partial charge in [-0.15, -0.1) is 11.6 Å². The second kappa shape index (κ2) is 9.21. The van der Waals surface area contributed by atoms with E-state index in [9.17, 15) is 0 Å². The number of halogens is 1. The first-order valence-electron chi connectivity index (χ1n) is 3.66. The molecular formula is C7H15ClO2. The molecule has 0 aliphatic rings. The average Bonchev–Trinajstić information content (AvgIpc) is 1.97. The van der Waals surface area contributed by atoms with Gasteiger partial charge in [0.2, 0.25) is 0 Å². The number of unbranched alkanes of at least 4 members (excludes halogenated alkanes) is 2. The average molecular weight is 167 g/mol. The molecule has 0 radical (unpaired) electrons. The van der Waals surface area contributed by atoms with Crippen LogP contribution in [0.1, 0.15) is 19.3 Å². The molecule has 0 saturated heterocycles. The zero-order valence-electron chi connectivity index (χ0n) is 6.18. The summed E-state index contributed by atoms with van der Waals surface area (Å²) < 4.78 is 5.04. The van der Waals surface area contributed by atoms with Gasteiger partial charge in [0.1, 0.15) is 0 Å². The van der Waals surface area contributed by atoms with Crippen LogP contribution in [0.15, 0.2) is 0 Å². The molecule has 0 bridgehead atoms. The number of alkyl halides is 1. The number of aliphatic hydroxyl groups is 1. The van der Waals surface area contributed by atoms with E-state index in [1.54, 1.807) is 0 Å². The molecule has 0 saturated carbocycles. The standard InChI is InChI=1S/C7H15ClO2/c8-4-2-1-3-6-10-7-5-9/h9H,1-7H2. The third-order valence-corrected chi connectivity index (χ3v) is 1.43. The van der Waals surface area contributed by atoms with Crippen molar-refractivity contribution < 1.29 is 9.84 Å². The zero-order chi connectivity index (χ0) is 7.66. The number of rotatable bonds is 7. The molecule has 10 heavy (non-hydrogen) atoms. The molecule has 0 fully saturated rings. The van der Waals surface area contributed by atoms with Crippen LogP contribution in [0.5, 0.6) is 0 Å². The van der Waals surface area contributed by atoms with Crippen LogP contribution in [0.3, 0.4) is 0 Å². The minimum atomic E-state index is 0.121. The monoisotopic (exact) mass is 166 g/mol. The highest BCUT2D eigenvalue weighted by molar-refractivity contribution is 6.17. The Hall–Kier alpha value is 0.210. The summed E-state index contributed by atoms with van der Waals surface area (Å²) in [6.45, 7) is 1.33. The second-order valence-corrected chi connectivity index (χ2v) is 2.46. The van der Waals surface area contributed by atoms with Gasteiger partial charge in [0, 0.05) is 12.5 Å². The highest BCUT2D eigenvalue weighted by atomic mass is 35.5. The Morgan fingerprint density at radius 1 is 1.10 bits per heavy atom. The van der Waals surface area contributed by atoms with Crippen LogP contribution in [-0.2, 0) is 4.74 Å². The lowest BCUT2D eigenvalue weighted by Crippen LogP contribution is -2.00. The molecule has 0 spiro atoms. The van der Waals surface area contributed by atoms with Crippen molar-refractivity contribution in [2.75, 3.05) is 25.7 Å². The number of hydrogen-bond donors (Lipinski definition) is 1. The van der Waals surface area contributed by atoms with Gasteiger partial charge in [-0.25, -0.2) is 0 Å². The van der Waals surface area contributed by atoms with E-state index in [0.717, 1.165) is 31.7 Å². The summed E-state index contributed by atoms with van der Waals surface area (Å²) in [7, 11) is 0. The van der Waals surface area contributed by atoms with Gasteiger partial charge in [-0.05, 0) is 19.3 Å². The first-order chi connectivity index (χ1) is 4.91. The van der Waals surface area contributed by atoms with Crippen molar-refractivity contribution in [1.82, 2.24) is 0 Å². The van der Waals surface area contributed by atoms with E-state index in [1.165, 1.54) is 0 Å². The highest BCUT2D eigenvalue weighted by Gasteiger charge is 1.87. The van der Waals surface area contributed by atoms with Crippen LogP contribution >= 0.6 is 11.6 Å². The Morgan fingerprint density at radius 2 is 1.90 bits per heavy atom. The molecule has 3 heteroatoms. The predicted octanol–water partition coefficient (Wildman–Crippen LogP) is 1.40. The fraction of sp³-hybridized carbons (Fsp3) is 1.00. The fourth-order valence-electron chi connectivity index (χ4n) is 0.642. The van der Waals surface area contributed by atoms with Gasteiger partial charge < -0.3 is 9.84 Å². The Balaban J connectivity index is 2.65. The minimum absolute atomic E-state index is 0.121. The van der Waals surface area contributed by atoms with E-state index in [2.05, 4.69) is 0 Å². The molecule has 0 aromatic rings. The molecule has 0 unspecified atom stereocenters. The summed E-state index contributed by atoms with van der Waals surface area (Å²) in [4.78, 5) is 0. The van der Waals surface area contributed by atoms with Crippen molar-refractivity contribution in [2.24, 2.45) is 0 Å². The minimum Gasteiger partial charge on any atom is -0.394 e. The van der Waals surface area contributed by atoms with Crippen LogP contribution in [-0.4, -0.2) is 30.8 Å². The molecule has 0 amide bonds. The van der Waals surface area contributed by atoms with E-state index in [0.29, 0.717) is 6.61 Å². The van der Waals surface area contributed by atoms with Crippen molar-refractivity contribution in [3.8, 4) is 0 Å². The van der Waals surface area contributed by atoms with Gasteiger partial charge >= 0.3 is 0 Å². The Morgan fingerprint density at radius 3 is 2.50 bits per heavy atom. The SMILES string of the molecule is OCCOCCCCCCl. The maximum atomic E-state index is 8.32. The summed E-state index contributed by atoms with van der Waals surface area (Å²) in [5.74, 6) is 0.736. The van der Waals surface area contributed by atoms with Crippen LogP contribution in [0.2, 0.25) is 0 Å². The summed E-state index contributed by atoms with van der Waals surface area (Å²) in [6, 6.07) is 0. The highest BCUT2D eigenvalue weighted by Crippen LogP contribution is 1.96. The van der Waals surface area contributed by atoms with Crippen molar-refractivity contribution in [3.63, 3.8) is 0 Å². The van der Waals surface area contributed by atoms with E-state index in [4.69, 9.17) is 21.4 Å². The first-order valence-corrected chi connectivity index (χ1v) is 4.20. The molecule has 0 aromatic heterocycles. The summed E-state index contributed by atoms with van der Waals surface area (Å²) in [5.41, 5.74) is 0. The third kappa shape index (κ3) is 8.21. The molecule has 0 atom stereocenters. The molecule has 0 heterocycles. The zero-order valence-corrected chi connectivity index (χ0v) is 6.94. The molecule has 0 rings (SSSR count). The van der Waals surface area contributed by atoms with Crippen molar-refractivity contribution in [3.05, 3.63) is 0 Å². The largest absolute Gasteiger partial charge is 0.394 e. The molecule has 0 aliphatic heterocycles. The van der Waals surface area contributed by atoms with Gasteiger partial charge in [0.25, 0.3) is 0 Å². The maximum Gasteiger partial charge on any atom is 0.0697 e. The summed E-state index contributed by atoms with van der Waals surface area (Å²) >= 11 is 5.46. The van der Waals surface area contributed by atoms with Crippen LogP contribution < -0.4 is 0 Å². The molecule has 0 aliphatic carbocycles. The molecule has 2 nitrogen and oxygen atoms in total. The van der Waals surface area contributed by atoms with E-state index >= 15 is 0 Å². The van der Waals surface area contributed by atoms with Gasteiger partial charge in [-0.2, -0.15) is 0 Å². The Bertz CT molecular complexity index is 51.6. The number of hydrogen-bond acceptors (Lipinski definition) is 2. The van der Waals surface area contributed by atoms with Crippen LogP contribution in [0, 0.1) is 0 Å². The van der Waals surface area contributed by atoms with Gasteiger partial charge in [0.15, 0.2) is 0 Å². The third-order valence-electron chi connectivity index (χ3n) is 1.16. The lowest BCUT2D eigenvalue weighted by atomic mass is 10.3. The Labute approximate surface area is 67.1 Å². The summed E-state index contributed by atoms with van der Waals surface area (Å²) in [6.07, 6.45) is 3.23. The molecule has 62 valence electrons. The molecular weight excluding hydrogens is 152 g/mol. The van der Waals surface area contributed by atoms with Gasteiger partial charge in [-0.3, -0.25) is 0 Å². The van der Waals surface area contributed by atoms with Crippen molar-refractivity contribution in [1.29, 1.82) is 0 Å². The second-order valence-electron chi connectivity index (χ2n) is 2.09. The predicted molar refractivity (Wildman–Crippen MR) is 42.5 cm³/mol. The van der Waals surface area contributed by atoms with Gasteiger partial charge in [0.05, 0.1) is 13.2 Å². The molecule has 1 N–H and O–H groups in total. The fourth-order valence-corrected chi connectivity index (χ4v) is 0.831. The van der Waals surface area contributed by atoms with E-state index < -0.39 is 0 Å². The number of aliphatic hydroxyl groups excluding tert-OH is 1. The van der Waals surface area contributed by atoms with Crippen molar-refractivity contribution in [2.45, 2.75) is 19.3 Å². The quantitative estimate of drug-likeness (QED) is 0.458. The molecule has 0 aromatic carbocycles.